The minimum Gasteiger partial charge on any atom is -0.310 e. The van der Waals surface area contributed by atoms with Gasteiger partial charge in [-0.2, -0.15) is 0 Å². The zero-order valence-corrected chi connectivity index (χ0v) is 26.1. The first-order valence-electron chi connectivity index (χ1n) is 15.6. The molecule has 0 saturated heterocycles. The van der Waals surface area contributed by atoms with E-state index in [-0.39, 0.29) is 5.41 Å². The van der Waals surface area contributed by atoms with E-state index in [0.29, 0.717) is 0 Å². The van der Waals surface area contributed by atoms with Crippen molar-refractivity contribution in [1.29, 1.82) is 0 Å². The first-order valence-corrected chi connectivity index (χ1v) is 16.4. The highest BCUT2D eigenvalue weighted by atomic mass is 32.1. The third kappa shape index (κ3) is 4.13. The zero-order valence-electron chi connectivity index (χ0n) is 25.3. The normalized spacial score (nSPS) is 13.3. The third-order valence-electron chi connectivity index (χ3n) is 9.63. The SMILES string of the molecule is CC1(C)c2ccccc2-c2cc(N(c3ccccc3)c3ccc(-c4ccc5cc6c(cc5c4)sc4ccccc46)cc3)ccc21. The number of benzene rings is 7. The summed E-state index contributed by atoms with van der Waals surface area (Å²) in [7, 11) is 0. The Balaban J connectivity index is 1.12. The molecule has 0 unspecified atom stereocenters. The fourth-order valence-corrected chi connectivity index (χ4v) is 8.46. The van der Waals surface area contributed by atoms with Crippen LogP contribution in [-0.4, -0.2) is 0 Å². The molecule has 1 aliphatic rings. The van der Waals surface area contributed by atoms with Gasteiger partial charge < -0.3 is 4.90 Å². The van der Waals surface area contributed by atoms with Gasteiger partial charge in [-0.3, -0.25) is 0 Å². The van der Waals surface area contributed by atoms with Crippen molar-refractivity contribution in [2.24, 2.45) is 0 Å². The highest BCUT2D eigenvalue weighted by Crippen LogP contribution is 2.50. The summed E-state index contributed by atoms with van der Waals surface area (Å²) < 4.78 is 2.69. The first kappa shape index (κ1) is 26.2. The van der Waals surface area contributed by atoms with Gasteiger partial charge in [0.25, 0.3) is 0 Å². The van der Waals surface area contributed by atoms with Crippen LogP contribution in [0, 0.1) is 0 Å². The molecule has 1 nitrogen and oxygen atoms in total. The molecule has 9 rings (SSSR count). The van der Waals surface area contributed by atoms with E-state index >= 15 is 0 Å². The lowest BCUT2D eigenvalue weighted by molar-refractivity contribution is 0.660. The number of thiophene rings is 1. The molecule has 0 bridgehead atoms. The van der Waals surface area contributed by atoms with Gasteiger partial charge in [0.05, 0.1) is 0 Å². The van der Waals surface area contributed by atoms with Gasteiger partial charge in [0.15, 0.2) is 0 Å². The van der Waals surface area contributed by atoms with Crippen LogP contribution < -0.4 is 4.90 Å². The molecule has 8 aromatic rings. The van der Waals surface area contributed by atoms with Crippen LogP contribution in [0.15, 0.2) is 152 Å². The summed E-state index contributed by atoms with van der Waals surface area (Å²) in [4.78, 5) is 2.37. The summed E-state index contributed by atoms with van der Waals surface area (Å²) in [6, 6.07) is 55.9. The van der Waals surface area contributed by atoms with E-state index in [0.717, 1.165) is 11.4 Å². The van der Waals surface area contributed by atoms with E-state index < -0.39 is 0 Å². The molecule has 1 heterocycles. The highest BCUT2D eigenvalue weighted by molar-refractivity contribution is 7.25. The van der Waals surface area contributed by atoms with E-state index in [9.17, 15) is 0 Å². The summed E-state index contributed by atoms with van der Waals surface area (Å²) in [5.74, 6) is 0. The molecule has 7 aromatic carbocycles. The quantitative estimate of drug-likeness (QED) is 0.196. The van der Waals surface area contributed by atoms with Crippen molar-refractivity contribution in [3.8, 4) is 22.3 Å². The molecule has 0 radical (unpaired) electrons. The fourth-order valence-electron chi connectivity index (χ4n) is 7.32. The molecule has 0 aliphatic heterocycles. The smallest absolute Gasteiger partial charge is 0.0468 e. The van der Waals surface area contributed by atoms with Gasteiger partial charge >= 0.3 is 0 Å². The van der Waals surface area contributed by atoms with Crippen molar-refractivity contribution >= 4 is 59.3 Å². The van der Waals surface area contributed by atoms with Crippen LogP contribution in [-0.2, 0) is 5.41 Å². The summed E-state index contributed by atoms with van der Waals surface area (Å²) in [5, 5.41) is 5.25. The lowest BCUT2D eigenvalue weighted by atomic mass is 9.82. The van der Waals surface area contributed by atoms with Gasteiger partial charge in [-0.25, -0.2) is 0 Å². The van der Waals surface area contributed by atoms with Crippen LogP contribution in [0.5, 0.6) is 0 Å². The average molecular weight is 594 g/mol. The van der Waals surface area contributed by atoms with Crippen LogP contribution >= 0.6 is 11.3 Å². The molecule has 2 heteroatoms. The summed E-state index contributed by atoms with van der Waals surface area (Å²) in [5.41, 5.74) is 11.4. The Kier molecular flexibility index (Phi) is 5.78. The van der Waals surface area contributed by atoms with Crippen molar-refractivity contribution in [3.63, 3.8) is 0 Å². The maximum atomic E-state index is 2.38. The Morgan fingerprint density at radius 3 is 2.00 bits per heavy atom. The Hall–Kier alpha value is -5.18. The standard InChI is InChI=1S/C43H31NS/c1-43(2)39-14-8-6-12-35(39)37-27-34(22-23-40(37)43)44(32-10-4-3-5-11-32)33-20-18-28(19-21-33)29-16-17-30-25-38-36-13-7-9-15-41(36)45-42(38)26-31(30)24-29/h3-27H,1-2H3. The van der Waals surface area contributed by atoms with Crippen molar-refractivity contribution < 1.29 is 0 Å². The fraction of sp³-hybridized carbons (Fsp3) is 0.0698. The minimum absolute atomic E-state index is 0.00765. The number of anilines is 3. The second kappa shape index (κ2) is 9.92. The summed E-state index contributed by atoms with van der Waals surface area (Å²) >= 11 is 1.88. The largest absolute Gasteiger partial charge is 0.310 e. The molecule has 0 fully saturated rings. The van der Waals surface area contributed by atoms with Gasteiger partial charge in [-0.05, 0) is 105 Å². The monoisotopic (exact) mass is 593 g/mol. The molecule has 0 N–H and O–H groups in total. The number of hydrogen-bond acceptors (Lipinski definition) is 2. The van der Waals surface area contributed by atoms with Crippen molar-refractivity contribution in [2.75, 3.05) is 4.90 Å². The maximum Gasteiger partial charge on any atom is 0.0468 e. The van der Waals surface area contributed by atoms with Gasteiger partial charge in [-0.15, -0.1) is 11.3 Å². The molecule has 0 saturated carbocycles. The minimum atomic E-state index is -0.00765. The van der Waals surface area contributed by atoms with E-state index in [1.165, 1.54) is 70.0 Å². The number of nitrogens with zero attached hydrogens (tertiary/aromatic N) is 1. The molecule has 0 atom stereocenters. The Bertz CT molecular complexity index is 2400. The Morgan fingerprint density at radius 2 is 1.13 bits per heavy atom. The van der Waals surface area contributed by atoms with Crippen LogP contribution in [0.2, 0.25) is 0 Å². The van der Waals surface area contributed by atoms with E-state index in [1.54, 1.807) is 0 Å². The first-order chi connectivity index (χ1) is 22.0. The lowest BCUT2D eigenvalue weighted by Crippen LogP contribution is -2.15. The van der Waals surface area contributed by atoms with Crippen LogP contribution in [0.1, 0.15) is 25.0 Å². The Labute approximate surface area is 267 Å². The second-order valence-electron chi connectivity index (χ2n) is 12.6. The zero-order chi connectivity index (χ0) is 30.1. The predicted molar refractivity (Wildman–Crippen MR) is 195 cm³/mol. The molecule has 45 heavy (non-hydrogen) atoms. The van der Waals surface area contributed by atoms with E-state index in [1.807, 2.05) is 11.3 Å². The molecule has 0 amide bonds. The number of para-hydroxylation sites is 1. The van der Waals surface area contributed by atoms with Gasteiger partial charge in [0.1, 0.15) is 0 Å². The van der Waals surface area contributed by atoms with Gasteiger partial charge in [0, 0.05) is 42.6 Å². The maximum absolute atomic E-state index is 2.38. The number of fused-ring (bicyclic) bond motifs is 7. The second-order valence-corrected chi connectivity index (χ2v) is 13.7. The van der Waals surface area contributed by atoms with E-state index in [4.69, 9.17) is 0 Å². The molecule has 1 aliphatic carbocycles. The topological polar surface area (TPSA) is 3.24 Å². The molecular formula is C43H31NS. The molecule has 214 valence electrons. The number of hydrogen-bond donors (Lipinski definition) is 0. The lowest BCUT2D eigenvalue weighted by Gasteiger charge is -2.27. The Morgan fingerprint density at radius 1 is 0.444 bits per heavy atom. The molecular weight excluding hydrogens is 563 g/mol. The van der Waals surface area contributed by atoms with Crippen molar-refractivity contribution in [3.05, 3.63) is 163 Å². The van der Waals surface area contributed by atoms with Gasteiger partial charge in [0.2, 0.25) is 0 Å². The van der Waals surface area contributed by atoms with Crippen LogP contribution in [0.3, 0.4) is 0 Å². The van der Waals surface area contributed by atoms with Crippen LogP contribution in [0.4, 0.5) is 17.1 Å². The number of rotatable bonds is 4. The molecule has 1 aromatic heterocycles. The summed E-state index contributed by atoms with van der Waals surface area (Å²) in [6.45, 7) is 4.67. The van der Waals surface area contributed by atoms with Crippen molar-refractivity contribution in [2.45, 2.75) is 19.3 Å². The van der Waals surface area contributed by atoms with E-state index in [2.05, 4.69) is 170 Å². The van der Waals surface area contributed by atoms with Crippen molar-refractivity contribution in [1.82, 2.24) is 0 Å². The predicted octanol–water partition coefficient (Wildman–Crippen LogP) is 12.7. The van der Waals surface area contributed by atoms with Crippen LogP contribution in [0.25, 0.3) is 53.2 Å². The third-order valence-corrected chi connectivity index (χ3v) is 10.8. The summed E-state index contributed by atoms with van der Waals surface area (Å²) in [6.07, 6.45) is 0. The molecule has 0 spiro atoms. The average Bonchev–Trinajstić information content (AvgIpc) is 3.55. The highest BCUT2D eigenvalue weighted by Gasteiger charge is 2.35. The van der Waals surface area contributed by atoms with Gasteiger partial charge in [-0.1, -0.05) is 105 Å².